The summed E-state index contributed by atoms with van der Waals surface area (Å²) in [6.07, 6.45) is 6.99. The summed E-state index contributed by atoms with van der Waals surface area (Å²) in [6, 6.07) is 0. The summed E-state index contributed by atoms with van der Waals surface area (Å²) in [5.74, 6) is 0. The summed E-state index contributed by atoms with van der Waals surface area (Å²) in [5.41, 5.74) is 0. The van der Waals surface area contributed by atoms with Gasteiger partial charge in [0.2, 0.25) is 0 Å². The molecule has 3 nitrogen and oxygen atoms in total. The fourth-order valence-corrected chi connectivity index (χ4v) is 1.74. The van der Waals surface area contributed by atoms with Crippen LogP contribution in [-0.2, 0) is 14.5 Å². The third-order valence-corrected chi connectivity index (χ3v) is 2.63. The predicted octanol–water partition coefficient (Wildman–Crippen LogP) is 1.28. The van der Waals surface area contributed by atoms with Crippen LogP contribution in [0.3, 0.4) is 0 Å². The highest BCUT2D eigenvalue weighted by molar-refractivity contribution is 7.92. The Morgan fingerprint density at radius 3 is 2.75 bits per heavy atom. The highest BCUT2D eigenvalue weighted by Crippen LogP contribution is 2.12. The van der Waals surface area contributed by atoms with E-state index in [1.54, 1.807) is 12.5 Å². The normalized spacial score (nSPS) is 25.3. The van der Waals surface area contributed by atoms with Crippen molar-refractivity contribution < 1.29 is 8.95 Å². The zero-order chi connectivity index (χ0) is 9.03. The van der Waals surface area contributed by atoms with E-state index in [9.17, 15) is 4.21 Å². The Kier molecular flexibility index (Phi) is 3.53. The van der Waals surface area contributed by atoms with Gasteiger partial charge in [0.25, 0.3) is 0 Å². The van der Waals surface area contributed by atoms with Crippen LogP contribution < -0.4 is 0 Å². The van der Waals surface area contributed by atoms with Crippen molar-refractivity contribution in [2.75, 3.05) is 25.7 Å². The number of rotatable bonds is 2. The number of hydrogen-bond donors (Lipinski definition) is 0. The van der Waals surface area contributed by atoms with Gasteiger partial charge in [-0.2, -0.15) is 0 Å². The van der Waals surface area contributed by atoms with E-state index >= 15 is 0 Å². The lowest BCUT2D eigenvalue weighted by Crippen LogP contribution is -2.22. The van der Waals surface area contributed by atoms with Gasteiger partial charge in [-0.25, -0.2) is 4.36 Å². The molecule has 0 aromatic heterocycles. The van der Waals surface area contributed by atoms with E-state index in [1.807, 2.05) is 0 Å². The largest absolute Gasteiger partial charge is 0.376 e. The molecule has 0 spiro atoms. The minimum atomic E-state index is -1.93. The molecule has 0 amide bonds. The smallest absolute Gasteiger partial charge is 0.0777 e. The van der Waals surface area contributed by atoms with Gasteiger partial charge in [0, 0.05) is 28.8 Å². The minimum absolute atomic E-state index is 0.222. The van der Waals surface area contributed by atoms with Crippen molar-refractivity contribution in [3.8, 4) is 0 Å². The summed E-state index contributed by atoms with van der Waals surface area (Å²) >= 11 is 0. The van der Waals surface area contributed by atoms with E-state index in [0.717, 1.165) is 19.4 Å². The summed E-state index contributed by atoms with van der Waals surface area (Å²) in [4.78, 5) is 0. The van der Waals surface area contributed by atoms with Crippen LogP contribution in [-0.4, -0.2) is 36.0 Å². The lowest BCUT2D eigenvalue weighted by Gasteiger charge is -2.20. The third-order valence-electron chi connectivity index (χ3n) is 1.86. The van der Waals surface area contributed by atoms with Crippen LogP contribution in [0.4, 0.5) is 0 Å². The summed E-state index contributed by atoms with van der Waals surface area (Å²) < 4.78 is 20.7. The molecule has 0 radical (unpaired) electrons. The van der Waals surface area contributed by atoms with E-state index in [1.165, 1.54) is 6.42 Å². The van der Waals surface area contributed by atoms with E-state index in [4.69, 9.17) is 4.74 Å². The molecule has 1 aliphatic rings. The number of nitrogens with zero attached hydrogens (tertiary/aromatic N) is 1. The van der Waals surface area contributed by atoms with Gasteiger partial charge in [-0.15, -0.1) is 0 Å². The van der Waals surface area contributed by atoms with Crippen LogP contribution in [0.2, 0.25) is 0 Å². The molecule has 1 heterocycles. The molecule has 1 saturated heterocycles. The topological polar surface area (TPSA) is 38.7 Å². The highest BCUT2D eigenvalue weighted by Gasteiger charge is 2.12. The Morgan fingerprint density at radius 2 is 2.25 bits per heavy atom. The first-order chi connectivity index (χ1) is 5.58. The Morgan fingerprint density at radius 1 is 1.50 bits per heavy atom. The lowest BCUT2D eigenvalue weighted by molar-refractivity contribution is 0.0227. The molecule has 0 saturated carbocycles. The molecule has 1 rings (SSSR count). The fraction of sp³-hybridized carbons (Fsp3) is 1.00. The molecule has 12 heavy (non-hydrogen) atoms. The summed E-state index contributed by atoms with van der Waals surface area (Å²) in [5, 5.41) is 0. The van der Waals surface area contributed by atoms with Gasteiger partial charge in [-0.05, 0) is 19.3 Å². The molecule has 0 aromatic carbocycles. The average molecular weight is 191 g/mol. The van der Waals surface area contributed by atoms with Crippen molar-refractivity contribution in [1.29, 1.82) is 0 Å². The molecule has 0 aromatic rings. The van der Waals surface area contributed by atoms with Crippen molar-refractivity contribution in [3.05, 3.63) is 0 Å². The Bertz CT molecular complexity index is 229. The first-order valence-corrected chi connectivity index (χ1v) is 6.65. The molecular formula is C8H17NO2S. The second-order valence-corrected chi connectivity index (χ2v) is 6.10. The van der Waals surface area contributed by atoms with Crippen LogP contribution in [0.5, 0.6) is 0 Å². The Balaban J connectivity index is 2.36. The van der Waals surface area contributed by atoms with Crippen molar-refractivity contribution in [2.45, 2.75) is 25.4 Å². The quantitative estimate of drug-likeness (QED) is 0.659. The van der Waals surface area contributed by atoms with Crippen LogP contribution in [0, 0.1) is 0 Å². The molecular weight excluding hydrogens is 174 g/mol. The average Bonchev–Trinajstić information content (AvgIpc) is 2.02. The van der Waals surface area contributed by atoms with Gasteiger partial charge in [0.15, 0.2) is 0 Å². The van der Waals surface area contributed by atoms with E-state index in [-0.39, 0.29) is 6.10 Å². The van der Waals surface area contributed by atoms with Crippen LogP contribution in [0.15, 0.2) is 4.36 Å². The molecule has 0 bridgehead atoms. The van der Waals surface area contributed by atoms with Gasteiger partial charge in [0.05, 0.1) is 12.6 Å². The molecule has 1 aliphatic heterocycles. The second-order valence-electron chi connectivity index (χ2n) is 3.48. The monoisotopic (exact) mass is 191 g/mol. The molecule has 72 valence electrons. The van der Waals surface area contributed by atoms with Crippen LogP contribution >= 0.6 is 0 Å². The van der Waals surface area contributed by atoms with E-state index in [2.05, 4.69) is 4.36 Å². The van der Waals surface area contributed by atoms with E-state index < -0.39 is 9.73 Å². The van der Waals surface area contributed by atoms with Crippen molar-refractivity contribution in [2.24, 2.45) is 4.36 Å². The number of hydrogen-bond acceptors (Lipinski definition) is 3. The van der Waals surface area contributed by atoms with Crippen molar-refractivity contribution >= 4 is 9.73 Å². The van der Waals surface area contributed by atoms with Gasteiger partial charge in [-0.3, -0.25) is 4.21 Å². The first-order valence-electron chi connectivity index (χ1n) is 4.32. The van der Waals surface area contributed by atoms with Crippen LogP contribution in [0.25, 0.3) is 0 Å². The van der Waals surface area contributed by atoms with Gasteiger partial charge >= 0.3 is 0 Å². The fourth-order valence-electron chi connectivity index (χ4n) is 1.21. The molecule has 0 unspecified atom stereocenters. The summed E-state index contributed by atoms with van der Waals surface area (Å²) in [6.45, 7) is 1.45. The maximum absolute atomic E-state index is 11.2. The molecule has 1 atom stereocenters. The zero-order valence-electron chi connectivity index (χ0n) is 7.78. The summed E-state index contributed by atoms with van der Waals surface area (Å²) in [7, 11) is -1.93. The lowest BCUT2D eigenvalue weighted by atomic mass is 10.1. The third kappa shape index (κ3) is 4.07. The maximum atomic E-state index is 11.2. The van der Waals surface area contributed by atoms with Gasteiger partial charge < -0.3 is 4.74 Å². The van der Waals surface area contributed by atoms with Crippen molar-refractivity contribution in [3.63, 3.8) is 0 Å². The molecule has 0 N–H and O–H groups in total. The minimum Gasteiger partial charge on any atom is -0.376 e. The Hall–Kier alpha value is -0.0900. The van der Waals surface area contributed by atoms with E-state index in [0.29, 0.717) is 6.54 Å². The SMILES string of the molecule is CS(C)(=O)=NC[C@H]1CCCCO1. The number of ether oxygens (including phenoxy) is 1. The molecule has 4 heteroatoms. The van der Waals surface area contributed by atoms with Crippen molar-refractivity contribution in [1.82, 2.24) is 0 Å². The van der Waals surface area contributed by atoms with Crippen LogP contribution in [0.1, 0.15) is 19.3 Å². The molecule has 0 aliphatic carbocycles. The van der Waals surface area contributed by atoms with Gasteiger partial charge in [0.1, 0.15) is 0 Å². The maximum Gasteiger partial charge on any atom is 0.0777 e. The van der Waals surface area contributed by atoms with Gasteiger partial charge in [-0.1, -0.05) is 0 Å². The second kappa shape index (κ2) is 4.23. The highest BCUT2D eigenvalue weighted by atomic mass is 32.2. The molecule has 1 fully saturated rings. The Labute approximate surface area is 74.7 Å². The predicted molar refractivity (Wildman–Crippen MR) is 50.9 cm³/mol. The standard InChI is InChI=1S/C8H17NO2S/c1-12(2,10)9-7-8-5-3-4-6-11-8/h8H,3-7H2,1-2H3/t8-/m1/s1. The zero-order valence-corrected chi connectivity index (χ0v) is 8.60. The first kappa shape index (κ1) is 9.99.